The van der Waals surface area contributed by atoms with Crippen molar-refractivity contribution >= 4 is 99.4 Å². The molecule has 6 aliphatic rings. The van der Waals surface area contributed by atoms with Gasteiger partial charge in [0.15, 0.2) is 31.1 Å². The highest BCUT2D eigenvalue weighted by Crippen LogP contribution is 2.58. The van der Waals surface area contributed by atoms with Gasteiger partial charge in [-0.3, -0.25) is 79.4 Å². The molecule has 11 unspecified atom stereocenters. The average Bonchev–Trinajstić information content (AvgIpc) is 1.62. The number of aromatic nitrogens is 12. The van der Waals surface area contributed by atoms with Crippen molar-refractivity contribution in [2.75, 3.05) is 152 Å². The van der Waals surface area contributed by atoms with E-state index >= 15 is 4.57 Å². The average molecular weight is 2190 g/mol. The van der Waals surface area contributed by atoms with Gasteiger partial charge in [-0.25, -0.2) is 33.3 Å². The van der Waals surface area contributed by atoms with Gasteiger partial charge < -0.3 is 145 Å². The van der Waals surface area contributed by atoms with Crippen LogP contribution in [0, 0.1) is 41.5 Å². The Labute approximate surface area is 826 Å². The summed E-state index contributed by atoms with van der Waals surface area (Å²) in [5.74, 6) is -0.525. The lowest BCUT2D eigenvalue weighted by Crippen LogP contribution is -2.42. The van der Waals surface area contributed by atoms with Gasteiger partial charge >= 0.3 is 68.8 Å². The molecule has 28 atom stereocenters. The lowest BCUT2D eigenvalue weighted by atomic mass is 10.1. The zero-order chi connectivity index (χ0) is 104. The SMILES string of the molecule is CC[C@H]1O[C@@H](n2cc(C)c(=O)[nH]c2=O)CC1OP(O)(=S)OC[C@H]1O[C@@H](n2cc(C)c(=O)[nH]c2=O)[C@@H](OCCOC)C1OP(=O)(O)OC[C@H]1O[C@@H](n2cc(C)c(N)nc2=O)[C@@H](OCCOC)C1OP(O)(=S)OC[C@H]1O[C@@H](n2cc(C)c(N)nc2=O)[C@@H](OCCOC)C1OP(O)(=S)OC[C@H]1O[C@@H](n2cc(C)c(=O)[nH]c2=O)[C@@H](OCCOC)C1OP(O)(=S)OC[C@H]1O[C@@H](n2cc(C)c(N)nc2=O)[C@@H](OCCOC)C1O. The molecule has 6 fully saturated rings. The molecule has 6 aromatic rings. The number of aliphatic hydroxyl groups excluding tert-OH is 1. The lowest BCUT2D eigenvalue weighted by Gasteiger charge is -2.31. The number of aliphatic hydroxyl groups is 1. The maximum atomic E-state index is 15.2. The van der Waals surface area contributed by atoms with Crippen molar-refractivity contribution in [3.8, 4) is 0 Å². The van der Waals surface area contributed by atoms with Crippen LogP contribution in [0.1, 0.15) is 90.5 Å². The van der Waals surface area contributed by atoms with Gasteiger partial charge in [0.2, 0.25) is 0 Å². The third-order valence-corrected chi connectivity index (χ3v) is 30.2. The summed E-state index contributed by atoms with van der Waals surface area (Å²) in [6.07, 6.45) is -29.7. The molecule has 15 N–H and O–H groups in total. The van der Waals surface area contributed by atoms with Gasteiger partial charge in [0.25, 0.3) is 16.7 Å². The van der Waals surface area contributed by atoms with E-state index in [0.29, 0.717) is 5.56 Å². The molecule has 794 valence electrons. The number of nitrogens with two attached hydrogens (primary N) is 3. The van der Waals surface area contributed by atoms with Gasteiger partial charge in [0.05, 0.1) is 111 Å². The third kappa shape index (κ3) is 28.4. The molecule has 57 nitrogen and oxygen atoms in total. The number of anilines is 3. The van der Waals surface area contributed by atoms with Crippen LogP contribution >= 0.6 is 34.7 Å². The maximum Gasteiger partial charge on any atom is 0.472 e. The number of H-pyrrole nitrogens is 3. The van der Waals surface area contributed by atoms with Gasteiger partial charge in [-0.05, 0) is 95.2 Å². The smallest absolute Gasteiger partial charge is 0.387 e. The first-order chi connectivity index (χ1) is 67.1. The highest BCUT2D eigenvalue weighted by Gasteiger charge is 2.58. The summed E-state index contributed by atoms with van der Waals surface area (Å²) in [6, 6.07) is 0. The number of methoxy groups -OCH3 is 5. The zero-order valence-corrected chi connectivity index (χ0v) is 86.0. The van der Waals surface area contributed by atoms with Crippen molar-refractivity contribution in [2.24, 2.45) is 0 Å². The minimum Gasteiger partial charge on any atom is -0.387 e. The van der Waals surface area contributed by atoms with Crippen LogP contribution in [0.4, 0.5) is 17.5 Å². The second-order valence-electron chi connectivity index (χ2n) is 32.9. The van der Waals surface area contributed by atoms with Crippen molar-refractivity contribution in [1.82, 2.24) is 57.3 Å². The molecule has 0 aliphatic carbocycles. The molecule has 0 bridgehead atoms. The van der Waals surface area contributed by atoms with E-state index in [9.17, 15) is 72.7 Å². The normalized spacial score (nSPS) is 29.4. The van der Waals surface area contributed by atoms with Crippen molar-refractivity contribution in [3.63, 3.8) is 0 Å². The van der Waals surface area contributed by atoms with Crippen LogP contribution in [-0.4, -0.2) is 325 Å². The molecule has 6 saturated heterocycles. The predicted molar refractivity (Wildman–Crippen MR) is 504 cm³/mol. The Morgan fingerprint density at radius 1 is 0.359 bits per heavy atom. The topological polar surface area (TPSA) is 726 Å². The molecular formula is C76H114N15O42P5S4. The van der Waals surface area contributed by atoms with Crippen LogP contribution in [0.2, 0.25) is 0 Å². The fourth-order valence-corrected chi connectivity index (χ4v) is 22.6. The first-order valence-corrected chi connectivity index (χ1v) is 55.4. The lowest BCUT2D eigenvalue weighted by molar-refractivity contribution is -0.0848. The van der Waals surface area contributed by atoms with Crippen LogP contribution in [-0.2, 0) is 173 Å². The van der Waals surface area contributed by atoms with Crippen LogP contribution in [0.25, 0.3) is 0 Å². The van der Waals surface area contributed by atoms with Crippen LogP contribution in [0.5, 0.6) is 0 Å². The summed E-state index contributed by atoms with van der Waals surface area (Å²) >= 11 is 22.8. The molecule has 66 heteroatoms. The van der Waals surface area contributed by atoms with E-state index in [1.165, 1.54) is 95.0 Å². The molecule has 0 amide bonds. The maximum absolute atomic E-state index is 15.2. The monoisotopic (exact) mass is 2190 g/mol. The number of ether oxygens (including phenoxy) is 16. The van der Waals surface area contributed by atoms with E-state index in [-0.39, 0.29) is 124 Å². The molecule has 0 saturated carbocycles. The van der Waals surface area contributed by atoms with Gasteiger partial charge in [0, 0.05) is 113 Å². The van der Waals surface area contributed by atoms with Crippen molar-refractivity contribution in [3.05, 3.63) is 165 Å². The highest BCUT2D eigenvalue weighted by molar-refractivity contribution is 8.08. The molecule has 142 heavy (non-hydrogen) atoms. The number of phosphoric ester groups is 1. The molecule has 0 aromatic carbocycles. The Morgan fingerprint density at radius 2 is 0.627 bits per heavy atom. The zero-order valence-electron chi connectivity index (χ0n) is 78.3. The standard InChI is InChI=1S/C76H114N15O42P5S4/c1-13-42-43(24-49(123-42)86-28-39(5)63(93)83-74(86)99)129-135(104,139)120-33-46-51(56(114-20-15-109-9)67(126-46)90-29-40(6)64(94)84-75(90)100)130-134(102,103)118-32-45-52(57(115-21-16-110-10)68(125-45)88-26-37(3)61(78)81-72(88)97)131-137(106,141)121-34-47-53(58(116-22-17-111-11)69(127-47)89-27-38(4)62(79)82-73(89)98)133-138(107,142)122-35-48-54(59(117-23-18-112-12)70(128-48)91-30-41(7)65(95)85-76(91)101)132-136(105,140)119-31-44-50(92)55(113-19-14-108-8)66(124-44)87-25-36(2)60(77)80-71(87)96/h25-30,42-59,66-70,92H,13-24,31-35H2,1-12H3,(H,102,103)(H,104,139)(H,105,140)(H,106,141)(H,107,142)(H2,77,80,96)(H2,78,81,97)(H2,79,82,98)(H,83,93,99)(H,84,94,100)(H,85,95,101)/t42-,43?,44-,45-,46-,47-,48-,49-,50?,51?,52?,53?,54?,55+,56+,57+,58+,59+,66-,67-,68-,69-,70-,135?,136?,137?,138?/m1/s1. The minimum atomic E-state index is -5.82. The second-order valence-corrected chi connectivity index (χ2v) is 45.5. The molecule has 0 spiro atoms. The van der Waals surface area contributed by atoms with E-state index in [1.807, 2.05) is 0 Å². The van der Waals surface area contributed by atoms with Gasteiger partial charge in [-0.1, -0.05) is 6.92 Å². The Bertz CT molecular complexity index is 6220. The van der Waals surface area contributed by atoms with Gasteiger partial charge in [0.1, 0.15) is 115 Å². The van der Waals surface area contributed by atoms with E-state index < -0.39 is 260 Å². The van der Waals surface area contributed by atoms with E-state index in [0.717, 1.165) is 39.8 Å². The number of hydrogen-bond donors (Lipinski definition) is 12. The summed E-state index contributed by atoms with van der Waals surface area (Å²) in [5.41, 5.74) is 10.9. The first kappa shape index (κ1) is 114. The molecule has 12 heterocycles. The van der Waals surface area contributed by atoms with Crippen molar-refractivity contribution in [2.45, 2.75) is 202 Å². The Morgan fingerprint density at radius 3 is 0.958 bits per heavy atom. The minimum absolute atomic E-state index is 0.0212. The van der Waals surface area contributed by atoms with E-state index in [4.69, 9.17) is 185 Å². The Hall–Kier alpha value is -6.37. The van der Waals surface area contributed by atoms with Crippen molar-refractivity contribution in [1.29, 1.82) is 0 Å². The van der Waals surface area contributed by atoms with Crippen LogP contribution < -0.4 is 68.0 Å². The fourth-order valence-electron chi connectivity index (χ4n) is 15.8. The summed E-state index contributed by atoms with van der Waals surface area (Å²) in [4.78, 5) is 201. The molecule has 0 radical (unpaired) electrons. The number of rotatable bonds is 52. The largest absolute Gasteiger partial charge is 0.472 e. The molecule has 6 aromatic heterocycles. The number of aromatic amines is 3. The summed E-state index contributed by atoms with van der Waals surface area (Å²) in [6.45, 7) is -16.1. The predicted octanol–water partition coefficient (Wildman–Crippen LogP) is -2.32. The number of nitrogens with one attached hydrogen (secondary N) is 3. The summed E-state index contributed by atoms with van der Waals surface area (Å²) < 4.78 is 178. The highest BCUT2D eigenvalue weighted by atomic mass is 32.5. The number of phosphoric acid groups is 1. The summed E-state index contributed by atoms with van der Waals surface area (Å²) in [7, 11) is 0.878. The number of nitrogens with zero attached hydrogens (tertiary/aromatic N) is 9. The molecule has 12 rings (SSSR count). The van der Waals surface area contributed by atoms with Crippen LogP contribution in [0.15, 0.2) is 80.3 Å². The number of hydrogen-bond acceptors (Lipinski definition) is 47. The van der Waals surface area contributed by atoms with Gasteiger partial charge in [-0.2, -0.15) is 15.0 Å². The Kier molecular flexibility index (Phi) is 40.1. The van der Waals surface area contributed by atoms with E-state index in [2.05, 4.69) is 29.9 Å². The first-order valence-electron chi connectivity index (χ1n) is 43.6. The Balaban J connectivity index is 0.844. The number of nitrogen functional groups attached to an aromatic ring is 3. The third-order valence-electron chi connectivity index (χ3n) is 23.0. The fraction of sp³-hybridized carbons (Fsp3) is 0.684. The number of aryl methyl sites for hydroxylation is 6. The molecule has 6 aliphatic heterocycles. The quantitative estimate of drug-likeness (QED) is 0.0141. The van der Waals surface area contributed by atoms with Crippen molar-refractivity contribution < 1.29 is 155 Å². The van der Waals surface area contributed by atoms with Gasteiger partial charge in [-0.15, -0.1) is 0 Å². The second kappa shape index (κ2) is 49.8. The van der Waals surface area contributed by atoms with E-state index in [1.54, 1.807) is 13.8 Å². The van der Waals surface area contributed by atoms with Crippen LogP contribution in [0.3, 0.4) is 0 Å². The summed E-state index contributed by atoms with van der Waals surface area (Å²) in [5, 5.41) is 11.8. The molecular weight excluding hydrogens is 2080 g/mol.